The van der Waals surface area contributed by atoms with E-state index in [4.69, 9.17) is 9.47 Å². The fourth-order valence-corrected chi connectivity index (χ4v) is 2.86. The molecule has 4 nitrogen and oxygen atoms in total. The molecule has 122 valence electrons. The van der Waals surface area contributed by atoms with Gasteiger partial charge in [0.2, 0.25) is 0 Å². The fraction of sp³-hybridized carbons (Fsp3) is 0.150. The van der Waals surface area contributed by atoms with Crippen molar-refractivity contribution in [2.24, 2.45) is 0 Å². The maximum atomic E-state index is 12.6. The Hall–Kier alpha value is -3.01. The van der Waals surface area contributed by atoms with Crippen molar-refractivity contribution in [3.63, 3.8) is 0 Å². The summed E-state index contributed by atoms with van der Waals surface area (Å²) in [5.74, 6) is 1.53. The zero-order valence-electron chi connectivity index (χ0n) is 13.7. The Morgan fingerprint density at radius 2 is 1.50 bits per heavy atom. The van der Waals surface area contributed by atoms with Crippen molar-refractivity contribution in [3.05, 3.63) is 78.4 Å². The summed E-state index contributed by atoms with van der Waals surface area (Å²) >= 11 is 0. The van der Waals surface area contributed by atoms with Crippen LogP contribution in [0.2, 0.25) is 0 Å². The van der Waals surface area contributed by atoms with E-state index in [1.54, 1.807) is 31.3 Å². The van der Waals surface area contributed by atoms with Gasteiger partial charge in [-0.2, -0.15) is 0 Å². The Bertz CT molecular complexity index is 776. The third-order valence-corrected chi connectivity index (χ3v) is 4.10. The highest BCUT2D eigenvalue weighted by atomic mass is 16.5. The normalized spacial score (nSPS) is 18.2. The van der Waals surface area contributed by atoms with Crippen molar-refractivity contribution in [2.45, 2.75) is 6.04 Å². The maximum absolute atomic E-state index is 12.6. The van der Waals surface area contributed by atoms with E-state index < -0.39 is 0 Å². The molecule has 1 amide bonds. The Balaban J connectivity index is 1.98. The number of benzene rings is 2. The molecule has 1 aliphatic heterocycles. The summed E-state index contributed by atoms with van der Waals surface area (Å²) in [6.07, 6.45) is 3.42. The van der Waals surface area contributed by atoms with Gasteiger partial charge in [0.15, 0.2) is 0 Å². The zero-order chi connectivity index (χ0) is 17.1. The highest BCUT2D eigenvalue weighted by Gasteiger charge is 2.43. The van der Waals surface area contributed by atoms with Gasteiger partial charge in [-0.25, -0.2) is 0 Å². The van der Waals surface area contributed by atoms with Crippen LogP contribution in [0.4, 0.5) is 5.69 Å². The van der Waals surface area contributed by atoms with E-state index >= 15 is 0 Å². The fourth-order valence-electron chi connectivity index (χ4n) is 2.86. The van der Waals surface area contributed by atoms with Gasteiger partial charge >= 0.3 is 0 Å². The first-order valence-electron chi connectivity index (χ1n) is 7.63. The second-order valence-electron chi connectivity index (χ2n) is 5.41. The molecule has 3 rings (SSSR count). The molecular weight excluding hydrogens is 302 g/mol. The highest BCUT2D eigenvalue weighted by Crippen LogP contribution is 2.43. The van der Waals surface area contributed by atoms with Crippen molar-refractivity contribution in [3.8, 4) is 11.5 Å². The quantitative estimate of drug-likeness (QED) is 0.619. The number of ether oxygens (including phenoxy) is 2. The van der Waals surface area contributed by atoms with Gasteiger partial charge in [-0.05, 0) is 42.0 Å². The number of methoxy groups -OCH3 is 2. The minimum absolute atomic E-state index is 0.0131. The smallest absolute Gasteiger partial charge is 0.257 e. The maximum Gasteiger partial charge on any atom is 0.257 e. The van der Waals surface area contributed by atoms with Crippen molar-refractivity contribution >= 4 is 11.6 Å². The molecule has 4 heteroatoms. The summed E-state index contributed by atoms with van der Waals surface area (Å²) in [5.41, 5.74) is 2.59. The second kappa shape index (κ2) is 6.62. The Labute approximate surface area is 141 Å². The molecule has 1 fully saturated rings. The lowest BCUT2D eigenvalue weighted by Crippen LogP contribution is -2.49. The van der Waals surface area contributed by atoms with Crippen LogP contribution < -0.4 is 14.4 Å². The number of hydrogen-bond acceptors (Lipinski definition) is 3. The minimum Gasteiger partial charge on any atom is -0.497 e. The van der Waals surface area contributed by atoms with Crippen LogP contribution in [0.5, 0.6) is 11.5 Å². The third kappa shape index (κ3) is 2.67. The van der Waals surface area contributed by atoms with E-state index in [9.17, 15) is 4.79 Å². The number of carbonyl (C=O) groups is 1. The number of nitrogens with zero attached hydrogens (tertiary/aromatic N) is 1. The zero-order valence-corrected chi connectivity index (χ0v) is 13.7. The first-order valence-corrected chi connectivity index (χ1v) is 7.63. The average Bonchev–Trinajstić information content (AvgIpc) is 2.64. The molecule has 1 unspecified atom stereocenters. The van der Waals surface area contributed by atoms with E-state index in [1.165, 1.54) is 0 Å². The lowest BCUT2D eigenvalue weighted by atomic mass is 9.87. The Morgan fingerprint density at radius 3 is 2.00 bits per heavy atom. The first-order chi connectivity index (χ1) is 11.7. The summed E-state index contributed by atoms with van der Waals surface area (Å²) in [4.78, 5) is 14.3. The van der Waals surface area contributed by atoms with Crippen LogP contribution in [-0.2, 0) is 4.79 Å². The molecule has 1 saturated heterocycles. The van der Waals surface area contributed by atoms with Crippen LogP contribution in [0, 0.1) is 0 Å². The SMILES string of the molecule is C=C/C=C1\C(=O)N(c2ccc(OC)cc2)C1c1ccc(OC)cc1. The summed E-state index contributed by atoms with van der Waals surface area (Å²) in [6.45, 7) is 3.71. The molecule has 0 aliphatic carbocycles. The van der Waals surface area contributed by atoms with E-state index in [1.807, 2.05) is 48.5 Å². The minimum atomic E-state index is -0.130. The summed E-state index contributed by atoms with van der Waals surface area (Å²) in [6, 6.07) is 15.1. The van der Waals surface area contributed by atoms with Gasteiger partial charge in [0, 0.05) is 11.3 Å². The first kappa shape index (κ1) is 15.9. The van der Waals surface area contributed by atoms with Crippen LogP contribution in [0.15, 0.2) is 72.8 Å². The molecule has 2 aromatic rings. The van der Waals surface area contributed by atoms with Crippen molar-refractivity contribution in [1.29, 1.82) is 0 Å². The van der Waals surface area contributed by atoms with Gasteiger partial charge in [0.1, 0.15) is 11.5 Å². The van der Waals surface area contributed by atoms with E-state index in [0.29, 0.717) is 0 Å². The number of anilines is 1. The lowest BCUT2D eigenvalue weighted by molar-refractivity contribution is -0.119. The molecule has 0 saturated carbocycles. The van der Waals surface area contributed by atoms with Crippen molar-refractivity contribution < 1.29 is 14.3 Å². The van der Waals surface area contributed by atoms with E-state index in [-0.39, 0.29) is 11.9 Å². The molecule has 0 radical (unpaired) electrons. The number of carbonyl (C=O) groups excluding carboxylic acids is 1. The van der Waals surface area contributed by atoms with Crippen LogP contribution in [0.25, 0.3) is 0 Å². The second-order valence-corrected chi connectivity index (χ2v) is 5.41. The highest BCUT2D eigenvalue weighted by molar-refractivity contribution is 6.15. The molecule has 1 heterocycles. The largest absolute Gasteiger partial charge is 0.497 e. The number of amides is 1. The van der Waals surface area contributed by atoms with Gasteiger partial charge in [-0.15, -0.1) is 0 Å². The molecule has 1 aliphatic rings. The van der Waals surface area contributed by atoms with Crippen LogP contribution >= 0.6 is 0 Å². The van der Waals surface area contributed by atoms with Crippen LogP contribution in [-0.4, -0.2) is 20.1 Å². The molecule has 1 atom stereocenters. The monoisotopic (exact) mass is 321 g/mol. The molecule has 2 aromatic carbocycles. The summed E-state index contributed by atoms with van der Waals surface area (Å²) < 4.78 is 10.4. The van der Waals surface area contributed by atoms with E-state index in [2.05, 4.69) is 6.58 Å². The summed E-state index contributed by atoms with van der Waals surface area (Å²) in [5, 5.41) is 0. The molecule has 0 bridgehead atoms. The molecule has 24 heavy (non-hydrogen) atoms. The standard InChI is InChI=1S/C20H19NO3/c1-4-5-18-19(14-6-10-16(23-2)11-7-14)21(20(18)22)15-8-12-17(24-3)13-9-15/h4-13,19H,1H2,2-3H3/b18-5-. The van der Waals surface area contributed by atoms with Gasteiger partial charge in [0.05, 0.1) is 20.3 Å². The van der Waals surface area contributed by atoms with Gasteiger partial charge in [0.25, 0.3) is 5.91 Å². The molecule has 0 spiro atoms. The van der Waals surface area contributed by atoms with Crippen molar-refractivity contribution in [2.75, 3.05) is 19.1 Å². The lowest BCUT2D eigenvalue weighted by Gasteiger charge is -2.43. The van der Waals surface area contributed by atoms with Gasteiger partial charge in [-0.3, -0.25) is 9.69 Å². The Morgan fingerprint density at radius 1 is 0.958 bits per heavy atom. The summed E-state index contributed by atoms with van der Waals surface area (Å²) in [7, 11) is 3.25. The molecule has 0 N–H and O–H groups in total. The topological polar surface area (TPSA) is 38.8 Å². The van der Waals surface area contributed by atoms with Crippen LogP contribution in [0.1, 0.15) is 11.6 Å². The predicted octanol–water partition coefficient (Wildman–Crippen LogP) is 3.90. The predicted molar refractivity (Wildman–Crippen MR) is 94.5 cm³/mol. The molecule has 0 aromatic heterocycles. The number of hydrogen-bond donors (Lipinski definition) is 0. The third-order valence-electron chi connectivity index (χ3n) is 4.10. The van der Waals surface area contributed by atoms with Crippen LogP contribution in [0.3, 0.4) is 0 Å². The number of allylic oxidation sites excluding steroid dienone is 2. The average molecular weight is 321 g/mol. The van der Waals surface area contributed by atoms with Gasteiger partial charge < -0.3 is 9.47 Å². The Kier molecular flexibility index (Phi) is 4.38. The number of β-lactam (4-membered cyclic amide) rings is 1. The van der Waals surface area contributed by atoms with E-state index in [0.717, 1.165) is 28.3 Å². The van der Waals surface area contributed by atoms with Crippen molar-refractivity contribution in [1.82, 2.24) is 0 Å². The molecular formula is C20H19NO3. The number of rotatable bonds is 5. The van der Waals surface area contributed by atoms with Gasteiger partial charge in [-0.1, -0.05) is 30.9 Å².